The molecule has 0 bridgehead atoms. The van der Waals surface area contributed by atoms with E-state index in [0.29, 0.717) is 13.0 Å². The number of aliphatic carboxylic acids is 1. The number of unbranched alkanes of at least 4 members (excludes halogenated alkanes) is 20. The van der Waals surface area contributed by atoms with Crippen molar-refractivity contribution in [3.05, 3.63) is 12.2 Å². The fourth-order valence-electron chi connectivity index (χ4n) is 4.95. The van der Waals surface area contributed by atoms with Crippen molar-refractivity contribution >= 4 is 11.9 Å². The summed E-state index contributed by atoms with van der Waals surface area (Å²) in [4.78, 5) is 23.0. The van der Waals surface area contributed by atoms with Gasteiger partial charge < -0.3 is 9.84 Å². The van der Waals surface area contributed by atoms with Crippen LogP contribution >= 0.6 is 0 Å². The number of allylic oxidation sites excluding steroid dienone is 2. The van der Waals surface area contributed by atoms with Crippen LogP contribution < -0.4 is 0 Å². The second-order valence-electron chi connectivity index (χ2n) is 11.0. The zero-order valence-electron chi connectivity index (χ0n) is 24.8. The van der Waals surface area contributed by atoms with Crippen molar-refractivity contribution in [3.8, 4) is 0 Å². The van der Waals surface area contributed by atoms with Gasteiger partial charge in [-0.1, -0.05) is 148 Å². The third kappa shape index (κ3) is 27.5. The molecule has 0 rings (SSSR count). The molecule has 0 aromatic carbocycles. The second-order valence-corrected chi connectivity index (χ2v) is 11.0. The number of carboxylic acid groups (broad SMARTS) is 1. The van der Waals surface area contributed by atoms with Gasteiger partial charge in [0.1, 0.15) is 0 Å². The molecule has 0 heterocycles. The number of esters is 1. The molecule has 0 aliphatic rings. The van der Waals surface area contributed by atoms with Crippen LogP contribution in [0, 0.1) is 5.92 Å². The Morgan fingerprint density at radius 3 is 1.41 bits per heavy atom. The normalized spacial score (nSPS) is 12.3. The minimum Gasteiger partial charge on any atom is -0.481 e. The lowest BCUT2D eigenvalue weighted by Gasteiger charge is -2.13. The lowest BCUT2D eigenvalue weighted by Crippen LogP contribution is -2.21. The van der Waals surface area contributed by atoms with E-state index >= 15 is 0 Å². The maximum Gasteiger partial charge on any atom is 0.309 e. The maximum atomic E-state index is 12.0. The van der Waals surface area contributed by atoms with E-state index in [0.717, 1.165) is 19.3 Å². The fraction of sp³-hybridized carbons (Fsp3) is 0.879. The monoisotopic (exact) mass is 522 g/mol. The molecule has 218 valence electrons. The van der Waals surface area contributed by atoms with Crippen LogP contribution in [0.3, 0.4) is 0 Å². The van der Waals surface area contributed by atoms with E-state index in [2.05, 4.69) is 19.1 Å². The van der Waals surface area contributed by atoms with E-state index in [1.807, 2.05) is 6.92 Å². The number of rotatable bonds is 29. The number of carbonyl (C=O) groups excluding carboxylic acids is 1. The molecule has 1 atom stereocenters. The molecule has 0 radical (unpaired) electrons. The van der Waals surface area contributed by atoms with Crippen LogP contribution in [-0.2, 0) is 14.3 Å². The van der Waals surface area contributed by atoms with Crippen molar-refractivity contribution in [1.82, 2.24) is 0 Å². The van der Waals surface area contributed by atoms with Gasteiger partial charge in [-0.05, 0) is 32.1 Å². The molecular weight excluding hydrogens is 460 g/mol. The molecule has 0 fully saturated rings. The van der Waals surface area contributed by atoms with Gasteiger partial charge in [0, 0.05) is 0 Å². The second kappa shape index (κ2) is 29.2. The molecule has 0 amide bonds. The standard InChI is InChI=1S/C33H62O4/c1-3-5-6-7-8-9-10-11-12-13-14-15-16-17-18-19-20-21-22-23-24-25-26-27-28-31(30-32(34)35)33(36)37-29-4-2/h5-6,31H,3-4,7-30H2,1-2H3,(H,34,35)/b6-5+. The third-order valence-corrected chi connectivity index (χ3v) is 7.28. The van der Waals surface area contributed by atoms with E-state index in [1.165, 1.54) is 128 Å². The van der Waals surface area contributed by atoms with E-state index < -0.39 is 11.9 Å². The Balaban J connectivity index is 3.34. The van der Waals surface area contributed by atoms with Crippen LogP contribution in [0.25, 0.3) is 0 Å². The van der Waals surface area contributed by atoms with Crippen molar-refractivity contribution in [1.29, 1.82) is 0 Å². The first kappa shape index (κ1) is 35.7. The lowest BCUT2D eigenvalue weighted by molar-refractivity contribution is -0.153. The first-order valence-corrected chi connectivity index (χ1v) is 16.1. The first-order chi connectivity index (χ1) is 18.1. The molecule has 1 unspecified atom stereocenters. The first-order valence-electron chi connectivity index (χ1n) is 16.1. The zero-order chi connectivity index (χ0) is 27.2. The summed E-state index contributed by atoms with van der Waals surface area (Å²) >= 11 is 0. The quantitative estimate of drug-likeness (QED) is 0.0602. The molecule has 0 aliphatic carbocycles. The molecule has 0 aromatic rings. The summed E-state index contributed by atoms with van der Waals surface area (Å²) in [6.07, 6.45) is 35.2. The average Bonchev–Trinajstić information content (AvgIpc) is 2.88. The smallest absolute Gasteiger partial charge is 0.309 e. The lowest BCUT2D eigenvalue weighted by atomic mass is 9.97. The number of hydrogen-bond acceptors (Lipinski definition) is 3. The number of hydrogen-bond donors (Lipinski definition) is 1. The van der Waals surface area contributed by atoms with Crippen LogP contribution in [0.1, 0.15) is 174 Å². The molecule has 0 aromatic heterocycles. The van der Waals surface area contributed by atoms with Crippen molar-refractivity contribution in [2.45, 2.75) is 174 Å². The van der Waals surface area contributed by atoms with Gasteiger partial charge >= 0.3 is 11.9 Å². The van der Waals surface area contributed by atoms with Gasteiger partial charge in [-0.25, -0.2) is 0 Å². The molecular formula is C33H62O4. The van der Waals surface area contributed by atoms with E-state index in [-0.39, 0.29) is 12.4 Å². The molecule has 0 saturated carbocycles. The number of ether oxygens (including phenoxy) is 1. The van der Waals surface area contributed by atoms with Gasteiger partial charge in [-0.2, -0.15) is 0 Å². The van der Waals surface area contributed by atoms with Crippen molar-refractivity contribution in [2.24, 2.45) is 5.92 Å². The predicted molar refractivity (Wildman–Crippen MR) is 158 cm³/mol. The van der Waals surface area contributed by atoms with Gasteiger partial charge in [-0.3, -0.25) is 9.59 Å². The molecule has 0 spiro atoms. The highest BCUT2D eigenvalue weighted by Crippen LogP contribution is 2.18. The Hall–Kier alpha value is -1.32. The van der Waals surface area contributed by atoms with Gasteiger partial charge in [0.15, 0.2) is 0 Å². The molecule has 4 heteroatoms. The molecule has 0 saturated heterocycles. The Kier molecular flexibility index (Phi) is 28.2. The Morgan fingerprint density at radius 1 is 0.622 bits per heavy atom. The zero-order valence-corrected chi connectivity index (χ0v) is 24.8. The Labute approximate surface area is 230 Å². The predicted octanol–water partition coefficient (Wildman–Crippen LogP) is 10.6. The highest BCUT2D eigenvalue weighted by atomic mass is 16.5. The van der Waals surface area contributed by atoms with Crippen LogP contribution in [0.15, 0.2) is 12.2 Å². The van der Waals surface area contributed by atoms with E-state index in [4.69, 9.17) is 9.84 Å². The summed E-state index contributed by atoms with van der Waals surface area (Å²) < 4.78 is 5.16. The fourth-order valence-corrected chi connectivity index (χ4v) is 4.95. The summed E-state index contributed by atoms with van der Waals surface area (Å²) in [5.41, 5.74) is 0. The van der Waals surface area contributed by atoms with Gasteiger partial charge in [0.25, 0.3) is 0 Å². The Morgan fingerprint density at radius 2 is 1.03 bits per heavy atom. The van der Waals surface area contributed by atoms with Gasteiger partial charge in [-0.15, -0.1) is 0 Å². The summed E-state index contributed by atoms with van der Waals surface area (Å²) in [6, 6.07) is 0. The van der Waals surface area contributed by atoms with Gasteiger partial charge in [0.2, 0.25) is 0 Å². The summed E-state index contributed by atoms with van der Waals surface area (Å²) in [5.74, 6) is -1.74. The number of carbonyl (C=O) groups is 2. The third-order valence-electron chi connectivity index (χ3n) is 7.28. The van der Waals surface area contributed by atoms with Crippen molar-refractivity contribution in [3.63, 3.8) is 0 Å². The van der Waals surface area contributed by atoms with E-state index in [9.17, 15) is 9.59 Å². The molecule has 4 nitrogen and oxygen atoms in total. The minimum absolute atomic E-state index is 0.111. The van der Waals surface area contributed by atoms with Crippen LogP contribution in [0.4, 0.5) is 0 Å². The molecule has 0 aliphatic heterocycles. The highest BCUT2D eigenvalue weighted by Gasteiger charge is 2.22. The van der Waals surface area contributed by atoms with Crippen LogP contribution in [0.5, 0.6) is 0 Å². The SMILES string of the molecule is CC/C=C/CCCCCCCCCCCCCCCCCCCCCCC(CC(=O)O)C(=O)OCCC. The van der Waals surface area contributed by atoms with Crippen molar-refractivity contribution in [2.75, 3.05) is 6.61 Å². The van der Waals surface area contributed by atoms with E-state index in [1.54, 1.807) is 0 Å². The summed E-state index contributed by atoms with van der Waals surface area (Å²) in [6.45, 7) is 4.53. The topological polar surface area (TPSA) is 63.6 Å². The molecule has 1 N–H and O–H groups in total. The Bertz CT molecular complexity index is 528. The average molecular weight is 523 g/mol. The maximum absolute atomic E-state index is 12.0. The summed E-state index contributed by atoms with van der Waals surface area (Å²) in [5, 5.41) is 9.04. The number of carboxylic acids is 1. The van der Waals surface area contributed by atoms with Crippen molar-refractivity contribution < 1.29 is 19.4 Å². The summed E-state index contributed by atoms with van der Waals surface area (Å²) in [7, 11) is 0. The van der Waals surface area contributed by atoms with Gasteiger partial charge in [0.05, 0.1) is 18.9 Å². The largest absolute Gasteiger partial charge is 0.481 e. The van der Waals surface area contributed by atoms with Crippen LogP contribution in [0.2, 0.25) is 0 Å². The minimum atomic E-state index is -0.916. The van der Waals surface area contributed by atoms with Crippen LogP contribution in [-0.4, -0.2) is 23.7 Å². The molecule has 37 heavy (non-hydrogen) atoms. The highest BCUT2D eigenvalue weighted by molar-refractivity contribution is 5.79.